The van der Waals surface area contributed by atoms with Crippen LogP contribution in [-0.2, 0) is 6.54 Å². The molecule has 0 aliphatic carbocycles. The summed E-state index contributed by atoms with van der Waals surface area (Å²) < 4.78 is 23.9. The lowest BCUT2D eigenvalue weighted by Gasteiger charge is -2.21. The number of benzene rings is 1. The van der Waals surface area contributed by atoms with E-state index in [1.54, 1.807) is 13.0 Å². The summed E-state index contributed by atoms with van der Waals surface area (Å²) in [4.78, 5) is 1.87. The average molecular weight is 279 g/mol. The van der Waals surface area contributed by atoms with Gasteiger partial charge in [-0.1, -0.05) is 5.16 Å². The lowest BCUT2D eigenvalue weighted by atomic mass is 10.2. The van der Waals surface area contributed by atoms with Crippen LogP contribution in [0, 0.1) is 12.7 Å². The number of ether oxygens (including phenoxy) is 1. The average Bonchev–Trinajstić information content (AvgIpc) is 2.78. The number of aromatic nitrogens is 1. The molecule has 0 aliphatic heterocycles. The smallest absolute Gasteiger partial charge is 0.167 e. The summed E-state index contributed by atoms with van der Waals surface area (Å²) in [5.74, 6) is 0.481. The van der Waals surface area contributed by atoms with Crippen molar-refractivity contribution in [3.8, 4) is 5.75 Å². The Kier molecular flexibility index (Phi) is 4.12. The second-order valence-electron chi connectivity index (χ2n) is 4.56. The molecule has 0 radical (unpaired) electrons. The Bertz CT molecular complexity index is 598. The monoisotopic (exact) mass is 279 g/mol. The van der Waals surface area contributed by atoms with Crippen molar-refractivity contribution in [2.45, 2.75) is 20.4 Å². The number of aryl methyl sites for hydroxylation is 1. The summed E-state index contributed by atoms with van der Waals surface area (Å²) >= 11 is 0. The van der Waals surface area contributed by atoms with Gasteiger partial charge in [0.15, 0.2) is 11.6 Å². The van der Waals surface area contributed by atoms with Gasteiger partial charge in [0.25, 0.3) is 0 Å². The highest BCUT2D eigenvalue weighted by Crippen LogP contribution is 2.31. The molecule has 6 heteroatoms. The first-order valence-electron chi connectivity index (χ1n) is 6.36. The number of nitrogens with two attached hydrogens (primary N) is 1. The van der Waals surface area contributed by atoms with Crippen LogP contribution >= 0.6 is 0 Å². The number of hydrogen-bond donors (Lipinski definition) is 1. The van der Waals surface area contributed by atoms with Crippen LogP contribution < -0.4 is 15.4 Å². The van der Waals surface area contributed by atoms with Gasteiger partial charge in [0, 0.05) is 25.2 Å². The van der Waals surface area contributed by atoms with Gasteiger partial charge in [-0.05, 0) is 13.8 Å². The van der Waals surface area contributed by atoms with E-state index < -0.39 is 5.82 Å². The second-order valence-corrected chi connectivity index (χ2v) is 4.56. The Morgan fingerprint density at radius 3 is 2.75 bits per heavy atom. The molecule has 1 aromatic carbocycles. The molecule has 0 fully saturated rings. The van der Waals surface area contributed by atoms with Gasteiger partial charge in [-0.3, -0.25) is 0 Å². The van der Waals surface area contributed by atoms with Crippen LogP contribution in [0.3, 0.4) is 0 Å². The van der Waals surface area contributed by atoms with Crippen molar-refractivity contribution < 1.29 is 13.7 Å². The van der Waals surface area contributed by atoms with Crippen molar-refractivity contribution in [1.29, 1.82) is 0 Å². The van der Waals surface area contributed by atoms with Crippen LogP contribution in [-0.4, -0.2) is 18.8 Å². The molecule has 0 bridgehead atoms. The minimum absolute atomic E-state index is 0.194. The Morgan fingerprint density at radius 2 is 2.15 bits per heavy atom. The van der Waals surface area contributed by atoms with E-state index in [-0.39, 0.29) is 5.75 Å². The van der Waals surface area contributed by atoms with Gasteiger partial charge in [0.2, 0.25) is 0 Å². The standard InChI is InChI=1S/C14H18FN3O2/c1-4-19-14-7-13(12(16)6-11(14)15)18(3)8-10-5-9(2)20-17-10/h5-7H,4,8,16H2,1-3H3. The molecule has 108 valence electrons. The van der Waals surface area contributed by atoms with Crippen LogP contribution in [0.1, 0.15) is 18.4 Å². The minimum atomic E-state index is -0.459. The predicted molar refractivity (Wildman–Crippen MR) is 75.3 cm³/mol. The fraction of sp³-hybridized carbons (Fsp3) is 0.357. The Morgan fingerprint density at radius 1 is 1.40 bits per heavy atom. The van der Waals surface area contributed by atoms with Gasteiger partial charge in [-0.25, -0.2) is 4.39 Å². The van der Waals surface area contributed by atoms with E-state index in [1.165, 1.54) is 6.07 Å². The maximum Gasteiger partial charge on any atom is 0.167 e. The van der Waals surface area contributed by atoms with E-state index in [0.29, 0.717) is 24.5 Å². The first kappa shape index (κ1) is 14.2. The predicted octanol–water partition coefficient (Wildman–Crippen LogP) is 2.74. The van der Waals surface area contributed by atoms with Gasteiger partial charge >= 0.3 is 0 Å². The molecule has 0 atom stereocenters. The summed E-state index contributed by atoms with van der Waals surface area (Å²) in [6.07, 6.45) is 0. The van der Waals surface area contributed by atoms with Gasteiger partial charge < -0.3 is 19.9 Å². The van der Waals surface area contributed by atoms with Crippen LogP contribution in [0.5, 0.6) is 5.75 Å². The lowest BCUT2D eigenvalue weighted by Crippen LogP contribution is -2.18. The largest absolute Gasteiger partial charge is 0.491 e. The van der Waals surface area contributed by atoms with Crippen molar-refractivity contribution in [2.75, 3.05) is 24.3 Å². The third-order valence-electron chi connectivity index (χ3n) is 2.87. The van der Waals surface area contributed by atoms with Crippen LogP contribution in [0.15, 0.2) is 22.7 Å². The van der Waals surface area contributed by atoms with E-state index in [1.807, 2.05) is 24.9 Å². The zero-order chi connectivity index (χ0) is 14.7. The number of nitrogen functional groups attached to an aromatic ring is 1. The van der Waals surface area contributed by atoms with Gasteiger partial charge in [0.1, 0.15) is 11.5 Å². The molecule has 0 unspecified atom stereocenters. The zero-order valence-electron chi connectivity index (χ0n) is 11.8. The fourth-order valence-electron chi connectivity index (χ4n) is 1.98. The topological polar surface area (TPSA) is 64.5 Å². The summed E-state index contributed by atoms with van der Waals surface area (Å²) in [6, 6.07) is 4.71. The van der Waals surface area contributed by atoms with Crippen LogP contribution in [0.2, 0.25) is 0 Å². The molecule has 2 aromatic rings. The summed E-state index contributed by atoms with van der Waals surface area (Å²) in [5, 5.41) is 3.92. The number of hydrogen-bond acceptors (Lipinski definition) is 5. The Balaban J connectivity index is 2.24. The summed E-state index contributed by atoms with van der Waals surface area (Å²) in [7, 11) is 1.85. The normalized spacial score (nSPS) is 10.6. The van der Waals surface area contributed by atoms with E-state index in [2.05, 4.69) is 5.16 Å². The summed E-state index contributed by atoms with van der Waals surface area (Å²) in [6.45, 7) is 4.54. The van der Waals surface area contributed by atoms with E-state index in [4.69, 9.17) is 15.0 Å². The van der Waals surface area contributed by atoms with Crippen LogP contribution in [0.4, 0.5) is 15.8 Å². The molecule has 1 heterocycles. The molecular weight excluding hydrogens is 261 g/mol. The molecule has 0 saturated heterocycles. The van der Waals surface area contributed by atoms with Crippen molar-refractivity contribution in [1.82, 2.24) is 5.16 Å². The molecular formula is C14H18FN3O2. The molecule has 0 aliphatic rings. The van der Waals surface area contributed by atoms with Gasteiger partial charge in [0.05, 0.1) is 24.5 Å². The number of halogens is 1. The second kappa shape index (κ2) is 5.81. The van der Waals surface area contributed by atoms with E-state index in [9.17, 15) is 4.39 Å². The molecule has 5 nitrogen and oxygen atoms in total. The highest BCUT2D eigenvalue weighted by atomic mass is 19.1. The van der Waals surface area contributed by atoms with Crippen molar-refractivity contribution in [2.24, 2.45) is 0 Å². The van der Waals surface area contributed by atoms with Crippen molar-refractivity contribution in [3.63, 3.8) is 0 Å². The molecule has 0 saturated carbocycles. The van der Waals surface area contributed by atoms with E-state index in [0.717, 1.165) is 11.5 Å². The van der Waals surface area contributed by atoms with Crippen molar-refractivity contribution >= 4 is 11.4 Å². The highest BCUT2D eigenvalue weighted by molar-refractivity contribution is 5.69. The molecule has 2 rings (SSSR count). The highest BCUT2D eigenvalue weighted by Gasteiger charge is 2.13. The molecule has 0 spiro atoms. The van der Waals surface area contributed by atoms with Gasteiger partial charge in [-0.15, -0.1) is 0 Å². The first-order valence-corrected chi connectivity index (χ1v) is 6.36. The maximum atomic E-state index is 13.7. The number of nitrogens with zero attached hydrogens (tertiary/aromatic N) is 2. The van der Waals surface area contributed by atoms with Crippen LogP contribution in [0.25, 0.3) is 0 Å². The van der Waals surface area contributed by atoms with E-state index >= 15 is 0 Å². The SMILES string of the molecule is CCOc1cc(N(C)Cc2cc(C)on2)c(N)cc1F. The molecule has 20 heavy (non-hydrogen) atoms. The third kappa shape index (κ3) is 3.01. The number of anilines is 2. The minimum Gasteiger partial charge on any atom is -0.491 e. The lowest BCUT2D eigenvalue weighted by molar-refractivity contribution is 0.322. The quantitative estimate of drug-likeness (QED) is 0.852. The first-order chi connectivity index (χ1) is 9.51. The Labute approximate surface area is 117 Å². The van der Waals surface area contributed by atoms with Gasteiger partial charge in [-0.2, -0.15) is 0 Å². The van der Waals surface area contributed by atoms with Crippen molar-refractivity contribution in [3.05, 3.63) is 35.5 Å². The molecule has 2 N–H and O–H groups in total. The zero-order valence-corrected chi connectivity index (χ0v) is 11.8. The summed E-state index contributed by atoms with van der Waals surface area (Å²) in [5.41, 5.74) is 7.69. The third-order valence-corrected chi connectivity index (χ3v) is 2.87. The molecule has 1 aromatic heterocycles. The Hall–Kier alpha value is -2.24. The maximum absolute atomic E-state index is 13.7. The fourth-order valence-corrected chi connectivity index (χ4v) is 1.98. The molecule has 0 amide bonds. The number of rotatable bonds is 5.